The van der Waals surface area contributed by atoms with Crippen molar-refractivity contribution >= 4 is 23.7 Å². The largest absolute Gasteiger partial charge is 0.493 e. The third-order valence-corrected chi connectivity index (χ3v) is 2.07. The van der Waals surface area contributed by atoms with E-state index in [1.54, 1.807) is 26.4 Å². The van der Waals surface area contributed by atoms with Gasteiger partial charge in [-0.15, -0.1) is 0 Å². The molecule has 0 saturated carbocycles. The van der Waals surface area contributed by atoms with Gasteiger partial charge in [0.15, 0.2) is 17.1 Å². The molecule has 4 nitrogen and oxygen atoms in total. The van der Waals surface area contributed by atoms with E-state index in [4.69, 9.17) is 13.9 Å². The Kier molecular flexibility index (Phi) is 2.25. The Morgan fingerprint density at radius 2 is 1.86 bits per heavy atom. The number of aromatic nitrogens is 1. The maximum Gasteiger partial charge on any atom is 0.253 e. The van der Waals surface area contributed by atoms with Crippen molar-refractivity contribution in [1.82, 2.24) is 4.98 Å². The van der Waals surface area contributed by atoms with E-state index >= 15 is 0 Å². The maximum atomic E-state index is 5.23. The quantitative estimate of drug-likeness (QED) is 0.773. The van der Waals surface area contributed by atoms with Crippen LogP contribution < -0.4 is 9.47 Å². The average Bonchev–Trinajstić information content (AvgIpc) is 2.54. The van der Waals surface area contributed by atoms with Gasteiger partial charge in [-0.3, -0.25) is 0 Å². The van der Waals surface area contributed by atoms with Crippen LogP contribution in [0, 0.1) is 0 Å². The number of nitrogens with zero attached hydrogens (tertiary/aromatic N) is 1. The fourth-order valence-electron chi connectivity index (χ4n) is 1.24. The van der Waals surface area contributed by atoms with Crippen LogP contribution in [0.25, 0.3) is 11.1 Å². The lowest BCUT2D eigenvalue weighted by atomic mass is 10.3. The van der Waals surface area contributed by atoms with E-state index in [1.807, 2.05) is 0 Å². The number of fused-ring (bicyclic) bond motifs is 1. The summed E-state index contributed by atoms with van der Waals surface area (Å²) in [6.45, 7) is 0. The van der Waals surface area contributed by atoms with E-state index in [0.717, 1.165) is 0 Å². The Labute approximate surface area is 86.2 Å². The minimum atomic E-state index is 0.329. The van der Waals surface area contributed by atoms with Crippen molar-refractivity contribution in [2.75, 3.05) is 14.2 Å². The van der Waals surface area contributed by atoms with Crippen molar-refractivity contribution in [3.05, 3.63) is 12.1 Å². The highest BCUT2D eigenvalue weighted by molar-refractivity contribution is 7.80. The molecule has 0 aliphatic heterocycles. The Morgan fingerprint density at radius 1 is 1.21 bits per heavy atom. The van der Waals surface area contributed by atoms with Crippen LogP contribution in [0.4, 0.5) is 0 Å². The minimum absolute atomic E-state index is 0.329. The molecule has 0 unspecified atom stereocenters. The second kappa shape index (κ2) is 3.42. The molecule has 0 N–H and O–H groups in total. The normalized spacial score (nSPS) is 10.5. The topological polar surface area (TPSA) is 44.5 Å². The fraction of sp³-hybridized carbons (Fsp3) is 0.222. The number of methoxy groups -OCH3 is 2. The SMILES string of the molecule is COc1cc2nc(S)oc2cc1OC. The molecule has 0 aliphatic carbocycles. The minimum Gasteiger partial charge on any atom is -0.493 e. The molecule has 0 aliphatic rings. The summed E-state index contributed by atoms with van der Waals surface area (Å²) in [4.78, 5) is 4.06. The molecular formula is C9H9NO3S. The molecule has 2 aromatic rings. The molecule has 0 radical (unpaired) electrons. The first kappa shape index (κ1) is 9.21. The molecule has 5 heteroatoms. The van der Waals surface area contributed by atoms with Crippen LogP contribution in [-0.4, -0.2) is 19.2 Å². The average molecular weight is 211 g/mol. The summed E-state index contributed by atoms with van der Waals surface area (Å²) >= 11 is 4.01. The van der Waals surface area contributed by atoms with Crippen molar-refractivity contribution < 1.29 is 13.9 Å². The monoisotopic (exact) mass is 211 g/mol. The van der Waals surface area contributed by atoms with E-state index in [1.165, 1.54) is 0 Å². The highest BCUT2D eigenvalue weighted by Crippen LogP contribution is 2.32. The van der Waals surface area contributed by atoms with Gasteiger partial charge < -0.3 is 13.9 Å². The van der Waals surface area contributed by atoms with Crippen LogP contribution in [0.1, 0.15) is 0 Å². The van der Waals surface area contributed by atoms with Gasteiger partial charge in [-0.05, 0) is 0 Å². The zero-order valence-corrected chi connectivity index (χ0v) is 8.67. The van der Waals surface area contributed by atoms with Crippen LogP contribution in [0.3, 0.4) is 0 Å². The smallest absolute Gasteiger partial charge is 0.253 e. The highest BCUT2D eigenvalue weighted by Gasteiger charge is 2.10. The number of oxazole rings is 1. The van der Waals surface area contributed by atoms with Gasteiger partial charge in [-0.2, -0.15) is 0 Å². The lowest BCUT2D eigenvalue weighted by molar-refractivity contribution is 0.355. The Hall–Kier alpha value is -1.36. The highest BCUT2D eigenvalue weighted by atomic mass is 32.1. The molecule has 1 heterocycles. The molecule has 14 heavy (non-hydrogen) atoms. The predicted molar refractivity (Wildman–Crippen MR) is 54.4 cm³/mol. The number of thiol groups is 1. The molecule has 1 aromatic heterocycles. The van der Waals surface area contributed by atoms with E-state index in [2.05, 4.69) is 17.6 Å². The number of hydrogen-bond donors (Lipinski definition) is 1. The molecule has 2 rings (SSSR count). The Balaban J connectivity index is 2.68. The van der Waals surface area contributed by atoms with E-state index in [-0.39, 0.29) is 0 Å². The number of ether oxygens (including phenoxy) is 2. The third-order valence-electron chi connectivity index (χ3n) is 1.88. The van der Waals surface area contributed by atoms with Gasteiger partial charge in [0.05, 0.1) is 14.2 Å². The molecule has 0 fully saturated rings. The molecule has 0 saturated heterocycles. The summed E-state index contributed by atoms with van der Waals surface area (Å²) in [5.41, 5.74) is 1.33. The zero-order chi connectivity index (χ0) is 10.1. The number of hydrogen-bond acceptors (Lipinski definition) is 5. The summed E-state index contributed by atoms with van der Waals surface area (Å²) < 4.78 is 15.5. The molecule has 74 valence electrons. The summed E-state index contributed by atoms with van der Waals surface area (Å²) in [5, 5.41) is 0.329. The van der Waals surface area contributed by atoms with Gasteiger partial charge in [0.25, 0.3) is 5.22 Å². The van der Waals surface area contributed by atoms with Gasteiger partial charge in [0.1, 0.15) is 5.52 Å². The number of rotatable bonds is 2. The second-order valence-corrected chi connectivity index (χ2v) is 3.05. The lowest BCUT2D eigenvalue weighted by Crippen LogP contribution is -1.89. The van der Waals surface area contributed by atoms with Gasteiger partial charge in [0.2, 0.25) is 0 Å². The van der Waals surface area contributed by atoms with Crippen molar-refractivity contribution in [2.45, 2.75) is 5.22 Å². The van der Waals surface area contributed by atoms with Crippen LogP contribution in [0.2, 0.25) is 0 Å². The first-order valence-corrected chi connectivity index (χ1v) is 4.41. The van der Waals surface area contributed by atoms with Gasteiger partial charge in [-0.25, -0.2) is 4.98 Å². The van der Waals surface area contributed by atoms with E-state index in [9.17, 15) is 0 Å². The van der Waals surface area contributed by atoms with Crippen molar-refractivity contribution in [3.8, 4) is 11.5 Å². The third kappa shape index (κ3) is 1.39. The Bertz CT molecular complexity index is 425. The Morgan fingerprint density at radius 3 is 2.50 bits per heavy atom. The first-order chi connectivity index (χ1) is 6.74. The molecule has 0 atom stereocenters. The van der Waals surface area contributed by atoms with Crippen molar-refractivity contribution in [3.63, 3.8) is 0 Å². The van der Waals surface area contributed by atoms with Gasteiger partial charge in [-0.1, -0.05) is 12.6 Å². The summed E-state index contributed by atoms with van der Waals surface area (Å²) in [7, 11) is 3.15. The van der Waals surface area contributed by atoms with Crippen LogP contribution in [-0.2, 0) is 0 Å². The molecule has 0 spiro atoms. The molecule has 1 aromatic carbocycles. The molecular weight excluding hydrogens is 202 g/mol. The van der Waals surface area contributed by atoms with Crippen molar-refractivity contribution in [2.24, 2.45) is 0 Å². The standard InChI is InChI=1S/C9H9NO3S/c1-11-7-3-5-6(4-8(7)12-2)13-9(14)10-5/h3-4H,1-2H3,(H,10,14). The van der Waals surface area contributed by atoms with Crippen molar-refractivity contribution in [1.29, 1.82) is 0 Å². The fourth-order valence-corrected chi connectivity index (χ4v) is 1.45. The second-order valence-electron chi connectivity index (χ2n) is 2.67. The summed E-state index contributed by atoms with van der Waals surface area (Å²) in [5.74, 6) is 1.24. The van der Waals surface area contributed by atoms with Gasteiger partial charge in [0, 0.05) is 12.1 Å². The predicted octanol–water partition coefficient (Wildman–Crippen LogP) is 2.13. The van der Waals surface area contributed by atoms with Crippen LogP contribution in [0.5, 0.6) is 11.5 Å². The molecule has 0 amide bonds. The zero-order valence-electron chi connectivity index (χ0n) is 7.77. The number of benzene rings is 1. The van der Waals surface area contributed by atoms with Crippen LogP contribution in [0.15, 0.2) is 21.8 Å². The van der Waals surface area contributed by atoms with E-state index in [0.29, 0.717) is 27.8 Å². The summed E-state index contributed by atoms with van der Waals surface area (Å²) in [6.07, 6.45) is 0. The summed E-state index contributed by atoms with van der Waals surface area (Å²) in [6, 6.07) is 3.47. The first-order valence-electron chi connectivity index (χ1n) is 3.96. The van der Waals surface area contributed by atoms with E-state index < -0.39 is 0 Å². The molecule has 0 bridgehead atoms. The lowest BCUT2D eigenvalue weighted by Gasteiger charge is -2.05. The van der Waals surface area contributed by atoms with Crippen LogP contribution >= 0.6 is 12.6 Å². The maximum absolute atomic E-state index is 5.23. The van der Waals surface area contributed by atoms with Gasteiger partial charge >= 0.3 is 0 Å².